The smallest absolute Gasteiger partial charge is 0.338 e. The summed E-state index contributed by atoms with van der Waals surface area (Å²) in [7, 11) is 0. The lowest BCUT2D eigenvalue weighted by atomic mass is 10.1. The molecule has 0 saturated carbocycles. The summed E-state index contributed by atoms with van der Waals surface area (Å²) in [5.74, 6) is -1.75. The normalized spacial score (nSPS) is 10.2. The summed E-state index contributed by atoms with van der Waals surface area (Å²) < 4.78 is 17.9. The molecule has 0 atom stereocenters. The summed E-state index contributed by atoms with van der Waals surface area (Å²) in [6.45, 7) is 3.52. The Morgan fingerprint density at radius 2 is 1.82 bits per heavy atom. The van der Waals surface area contributed by atoms with Gasteiger partial charge in [-0.05, 0) is 43.7 Å². The van der Waals surface area contributed by atoms with E-state index in [2.05, 4.69) is 5.32 Å². The summed E-state index contributed by atoms with van der Waals surface area (Å²) in [5.41, 5.74) is 2.03. The maximum atomic E-state index is 12.9. The zero-order chi connectivity index (χ0) is 20.5. The molecule has 0 heterocycles. The second-order valence-electron chi connectivity index (χ2n) is 6.26. The fourth-order valence-corrected chi connectivity index (χ4v) is 2.48. The van der Waals surface area contributed by atoms with Crippen LogP contribution in [0.5, 0.6) is 0 Å². The van der Waals surface area contributed by atoms with Crippen LogP contribution in [0.15, 0.2) is 48.5 Å². The molecule has 0 aliphatic heterocycles. The lowest BCUT2D eigenvalue weighted by Crippen LogP contribution is -2.42. The molecule has 2 rings (SSSR count). The Morgan fingerprint density at radius 1 is 1.11 bits per heavy atom. The average Bonchev–Trinajstić information content (AvgIpc) is 2.69. The van der Waals surface area contributed by atoms with Gasteiger partial charge >= 0.3 is 5.97 Å². The molecule has 2 aromatic carbocycles. The summed E-state index contributed by atoms with van der Waals surface area (Å²) in [5, 5.41) is 2.67. The summed E-state index contributed by atoms with van der Waals surface area (Å²) >= 11 is 0. The van der Waals surface area contributed by atoms with Crippen LogP contribution in [0.4, 0.5) is 4.39 Å². The number of esters is 1. The highest BCUT2D eigenvalue weighted by Crippen LogP contribution is 2.06. The molecule has 2 amide bonds. The minimum atomic E-state index is -0.589. The first-order valence-corrected chi connectivity index (χ1v) is 8.91. The van der Waals surface area contributed by atoms with Crippen molar-refractivity contribution in [1.29, 1.82) is 0 Å². The van der Waals surface area contributed by atoms with Gasteiger partial charge in [-0.25, -0.2) is 9.18 Å². The number of likely N-dealkylation sites (N-methyl/N-ethyl adjacent to an activating group) is 1. The van der Waals surface area contributed by atoms with Gasteiger partial charge in [0, 0.05) is 13.1 Å². The number of carbonyl (C=O) groups is 3. The molecule has 0 saturated heterocycles. The third-order valence-corrected chi connectivity index (χ3v) is 4.05. The fourth-order valence-electron chi connectivity index (χ4n) is 2.48. The van der Waals surface area contributed by atoms with Gasteiger partial charge < -0.3 is 15.0 Å². The van der Waals surface area contributed by atoms with Gasteiger partial charge in [0.1, 0.15) is 5.82 Å². The highest BCUT2D eigenvalue weighted by Gasteiger charge is 2.18. The van der Waals surface area contributed by atoms with E-state index in [0.29, 0.717) is 12.1 Å². The zero-order valence-corrected chi connectivity index (χ0v) is 15.9. The molecular weight excluding hydrogens is 363 g/mol. The molecule has 1 N–H and O–H groups in total. The molecule has 28 heavy (non-hydrogen) atoms. The highest BCUT2D eigenvalue weighted by molar-refractivity contribution is 5.92. The van der Waals surface area contributed by atoms with Crippen molar-refractivity contribution < 1.29 is 23.5 Å². The van der Waals surface area contributed by atoms with E-state index >= 15 is 0 Å². The van der Waals surface area contributed by atoms with Crippen molar-refractivity contribution in [1.82, 2.24) is 10.2 Å². The number of hydrogen-bond donors (Lipinski definition) is 1. The van der Waals surface area contributed by atoms with E-state index in [9.17, 15) is 18.8 Å². The molecule has 6 nitrogen and oxygen atoms in total. The van der Waals surface area contributed by atoms with Gasteiger partial charge in [-0.15, -0.1) is 0 Å². The van der Waals surface area contributed by atoms with E-state index in [4.69, 9.17) is 4.74 Å². The molecule has 0 aliphatic carbocycles. The molecule has 0 unspecified atom stereocenters. The molecule has 0 fully saturated rings. The standard InChI is InChI=1S/C21H23FN2O4/c1-3-24(13-19(25)23-12-16-7-9-18(22)10-8-16)20(26)14-28-21(27)17-6-4-5-15(2)11-17/h4-11H,3,12-14H2,1-2H3,(H,23,25). The van der Waals surface area contributed by atoms with E-state index in [1.807, 2.05) is 13.0 Å². The third kappa shape index (κ3) is 6.50. The predicted octanol–water partition coefficient (Wildman–Crippen LogP) is 2.46. The number of hydrogen-bond acceptors (Lipinski definition) is 4. The first-order valence-electron chi connectivity index (χ1n) is 8.91. The Kier molecular flexibility index (Phi) is 7.68. The Hall–Kier alpha value is -3.22. The maximum Gasteiger partial charge on any atom is 0.338 e. The van der Waals surface area contributed by atoms with Crippen LogP contribution in [0.3, 0.4) is 0 Å². The van der Waals surface area contributed by atoms with Crippen LogP contribution in [-0.4, -0.2) is 42.4 Å². The second kappa shape index (κ2) is 10.2. The Balaban J connectivity index is 1.80. The number of rotatable bonds is 8. The van der Waals surface area contributed by atoms with E-state index in [-0.39, 0.29) is 24.8 Å². The SMILES string of the molecule is CCN(CC(=O)NCc1ccc(F)cc1)C(=O)COC(=O)c1cccc(C)c1. The van der Waals surface area contributed by atoms with E-state index in [0.717, 1.165) is 11.1 Å². The highest BCUT2D eigenvalue weighted by atomic mass is 19.1. The minimum Gasteiger partial charge on any atom is -0.452 e. The number of amides is 2. The molecule has 0 radical (unpaired) electrons. The second-order valence-corrected chi connectivity index (χ2v) is 6.26. The number of ether oxygens (including phenoxy) is 1. The number of benzene rings is 2. The number of halogens is 1. The van der Waals surface area contributed by atoms with Crippen molar-refractivity contribution in [3.05, 3.63) is 71.0 Å². The number of carbonyl (C=O) groups excluding carboxylic acids is 3. The lowest BCUT2D eigenvalue weighted by Gasteiger charge is -2.20. The summed E-state index contributed by atoms with van der Waals surface area (Å²) in [6, 6.07) is 12.6. The van der Waals surface area contributed by atoms with Gasteiger partial charge in [-0.1, -0.05) is 29.8 Å². The van der Waals surface area contributed by atoms with Gasteiger partial charge in [0.15, 0.2) is 6.61 Å². The lowest BCUT2D eigenvalue weighted by molar-refractivity contribution is -0.138. The molecular formula is C21H23FN2O4. The van der Waals surface area contributed by atoms with Crippen molar-refractivity contribution in [2.75, 3.05) is 19.7 Å². The summed E-state index contributed by atoms with van der Waals surface area (Å²) in [6.07, 6.45) is 0. The van der Waals surface area contributed by atoms with Crippen LogP contribution in [0.1, 0.15) is 28.4 Å². The molecule has 148 valence electrons. The molecule has 0 aromatic heterocycles. The molecule has 0 bridgehead atoms. The van der Waals surface area contributed by atoms with E-state index in [1.165, 1.54) is 17.0 Å². The van der Waals surface area contributed by atoms with Gasteiger partial charge in [0.25, 0.3) is 5.91 Å². The number of nitrogens with zero attached hydrogens (tertiary/aromatic N) is 1. The Morgan fingerprint density at radius 3 is 2.46 bits per heavy atom. The Bertz CT molecular complexity index is 837. The monoisotopic (exact) mass is 386 g/mol. The zero-order valence-electron chi connectivity index (χ0n) is 15.9. The summed E-state index contributed by atoms with van der Waals surface area (Å²) in [4.78, 5) is 37.6. The largest absolute Gasteiger partial charge is 0.452 e. The molecule has 2 aromatic rings. The number of aryl methyl sites for hydroxylation is 1. The molecule has 0 aliphatic rings. The molecule has 7 heteroatoms. The Labute approximate surface area is 163 Å². The maximum absolute atomic E-state index is 12.9. The average molecular weight is 386 g/mol. The van der Waals surface area contributed by atoms with Crippen LogP contribution in [-0.2, 0) is 20.9 Å². The quantitative estimate of drug-likeness (QED) is 0.707. The van der Waals surface area contributed by atoms with Gasteiger partial charge in [-0.2, -0.15) is 0 Å². The van der Waals surface area contributed by atoms with Crippen molar-refractivity contribution in [2.45, 2.75) is 20.4 Å². The van der Waals surface area contributed by atoms with Crippen LogP contribution in [0.25, 0.3) is 0 Å². The van der Waals surface area contributed by atoms with Crippen LogP contribution >= 0.6 is 0 Å². The first-order chi connectivity index (χ1) is 13.4. The van der Waals surface area contributed by atoms with Crippen molar-refractivity contribution in [3.8, 4) is 0 Å². The predicted molar refractivity (Wildman–Crippen MR) is 102 cm³/mol. The van der Waals surface area contributed by atoms with Gasteiger partial charge in [0.05, 0.1) is 12.1 Å². The van der Waals surface area contributed by atoms with E-state index < -0.39 is 18.5 Å². The third-order valence-electron chi connectivity index (χ3n) is 4.05. The number of nitrogens with one attached hydrogen (secondary N) is 1. The topological polar surface area (TPSA) is 75.7 Å². The van der Waals surface area contributed by atoms with Crippen LogP contribution in [0, 0.1) is 12.7 Å². The van der Waals surface area contributed by atoms with Crippen LogP contribution in [0.2, 0.25) is 0 Å². The van der Waals surface area contributed by atoms with E-state index in [1.54, 1.807) is 37.3 Å². The van der Waals surface area contributed by atoms with Crippen LogP contribution < -0.4 is 5.32 Å². The van der Waals surface area contributed by atoms with Crippen molar-refractivity contribution in [3.63, 3.8) is 0 Å². The van der Waals surface area contributed by atoms with Crippen molar-refractivity contribution >= 4 is 17.8 Å². The molecule has 0 spiro atoms. The van der Waals surface area contributed by atoms with Gasteiger partial charge in [0.2, 0.25) is 5.91 Å². The first kappa shape index (κ1) is 21.1. The van der Waals surface area contributed by atoms with Gasteiger partial charge in [-0.3, -0.25) is 9.59 Å². The minimum absolute atomic E-state index is 0.154. The fraction of sp³-hybridized carbons (Fsp3) is 0.286. The van der Waals surface area contributed by atoms with Crippen molar-refractivity contribution in [2.24, 2.45) is 0 Å².